The number of carbonyl (C=O) groups is 2. The van der Waals surface area contributed by atoms with Crippen LogP contribution in [0.2, 0.25) is 0 Å². The Labute approximate surface area is 108 Å². The first-order valence-electron chi connectivity index (χ1n) is 6.05. The Bertz CT molecular complexity index is 337. The van der Waals surface area contributed by atoms with Gasteiger partial charge in [0.1, 0.15) is 0 Å². The molecule has 100 valence electrons. The number of hydrogen-bond donors (Lipinski definition) is 0. The van der Waals surface area contributed by atoms with E-state index in [0.717, 1.165) is 0 Å². The van der Waals surface area contributed by atoms with E-state index in [1.165, 1.54) is 27.1 Å². The average molecular weight is 252 g/mol. The van der Waals surface area contributed by atoms with Gasteiger partial charge in [-0.1, -0.05) is 18.2 Å². The van der Waals surface area contributed by atoms with Crippen LogP contribution in [0.1, 0.15) is 25.7 Å². The lowest BCUT2D eigenvalue weighted by atomic mass is 9.80. The Morgan fingerprint density at radius 1 is 1.22 bits per heavy atom. The van der Waals surface area contributed by atoms with Crippen LogP contribution in [-0.4, -0.2) is 26.2 Å². The van der Waals surface area contributed by atoms with Crippen molar-refractivity contribution in [2.75, 3.05) is 14.2 Å². The summed E-state index contributed by atoms with van der Waals surface area (Å²) in [6.45, 7) is 3.59. The smallest absolute Gasteiger partial charge is 0.323 e. The Hall–Kier alpha value is -1.58. The van der Waals surface area contributed by atoms with Gasteiger partial charge < -0.3 is 9.47 Å². The number of rotatable bonds is 7. The van der Waals surface area contributed by atoms with Crippen molar-refractivity contribution in [3.8, 4) is 0 Å². The minimum Gasteiger partial charge on any atom is -0.468 e. The van der Waals surface area contributed by atoms with Crippen molar-refractivity contribution in [3.63, 3.8) is 0 Å². The van der Waals surface area contributed by atoms with Crippen molar-refractivity contribution in [3.05, 3.63) is 24.8 Å². The Morgan fingerprint density at radius 3 is 2.17 bits per heavy atom. The zero-order valence-corrected chi connectivity index (χ0v) is 11.0. The highest BCUT2D eigenvalue weighted by atomic mass is 16.5. The maximum atomic E-state index is 11.9. The van der Waals surface area contributed by atoms with Gasteiger partial charge in [-0.05, 0) is 31.6 Å². The molecule has 1 saturated carbocycles. The van der Waals surface area contributed by atoms with Crippen LogP contribution in [0.5, 0.6) is 0 Å². The lowest BCUT2D eigenvalue weighted by molar-refractivity contribution is -0.168. The van der Waals surface area contributed by atoms with E-state index >= 15 is 0 Å². The van der Waals surface area contributed by atoms with Crippen LogP contribution < -0.4 is 0 Å². The third-order valence-electron chi connectivity index (χ3n) is 3.14. The van der Waals surface area contributed by atoms with Crippen LogP contribution in [0, 0.1) is 11.3 Å². The number of hydrogen-bond acceptors (Lipinski definition) is 4. The van der Waals surface area contributed by atoms with Crippen LogP contribution >= 0.6 is 0 Å². The van der Waals surface area contributed by atoms with Crippen molar-refractivity contribution in [1.29, 1.82) is 0 Å². The van der Waals surface area contributed by atoms with Gasteiger partial charge in [-0.3, -0.25) is 9.59 Å². The van der Waals surface area contributed by atoms with E-state index in [1.54, 1.807) is 6.08 Å². The summed E-state index contributed by atoms with van der Waals surface area (Å²) >= 11 is 0. The molecule has 4 nitrogen and oxygen atoms in total. The summed E-state index contributed by atoms with van der Waals surface area (Å²) in [6.07, 6.45) is 8.32. The van der Waals surface area contributed by atoms with Gasteiger partial charge in [0.05, 0.1) is 14.2 Å². The first-order valence-corrected chi connectivity index (χ1v) is 6.05. The van der Waals surface area contributed by atoms with E-state index in [4.69, 9.17) is 9.47 Å². The molecular weight excluding hydrogens is 232 g/mol. The Balaban J connectivity index is 2.89. The molecule has 0 bridgehead atoms. The molecule has 18 heavy (non-hydrogen) atoms. The van der Waals surface area contributed by atoms with E-state index in [1.807, 2.05) is 12.2 Å². The van der Waals surface area contributed by atoms with Crippen LogP contribution in [0.4, 0.5) is 0 Å². The van der Waals surface area contributed by atoms with Gasteiger partial charge in [0.15, 0.2) is 5.41 Å². The zero-order chi connectivity index (χ0) is 13.6. The molecule has 0 aromatic rings. The third kappa shape index (κ3) is 3.22. The number of carbonyl (C=O) groups excluding carboxylic acids is 2. The first-order chi connectivity index (χ1) is 8.60. The molecule has 0 aromatic heterocycles. The molecule has 0 aromatic carbocycles. The van der Waals surface area contributed by atoms with E-state index in [0.29, 0.717) is 5.92 Å². The monoisotopic (exact) mass is 252 g/mol. The molecule has 1 rings (SSSR count). The molecule has 1 aliphatic carbocycles. The summed E-state index contributed by atoms with van der Waals surface area (Å²) in [5.41, 5.74) is -1.30. The molecule has 1 fully saturated rings. The molecule has 4 heteroatoms. The topological polar surface area (TPSA) is 52.6 Å². The molecule has 0 amide bonds. The molecule has 0 saturated heterocycles. The minimum absolute atomic E-state index is 0.210. The number of methoxy groups -OCH3 is 2. The standard InChI is InChI=1S/C14H20O4/c1-4-9-14(12(15)17-2,13(16)18-3)10-5-6-11-7-8-11/h4-6,11H,1,7-10H2,2-3H3/b6-5+. The normalized spacial score (nSPS) is 15.4. The van der Waals surface area contributed by atoms with Gasteiger partial charge in [-0.2, -0.15) is 0 Å². The number of esters is 2. The molecule has 0 unspecified atom stereocenters. The highest BCUT2D eigenvalue weighted by Gasteiger charge is 2.46. The van der Waals surface area contributed by atoms with E-state index in [9.17, 15) is 9.59 Å². The number of ether oxygens (including phenoxy) is 2. The van der Waals surface area contributed by atoms with Crippen molar-refractivity contribution >= 4 is 11.9 Å². The predicted molar refractivity (Wildman–Crippen MR) is 67.8 cm³/mol. The first kappa shape index (κ1) is 14.5. The maximum absolute atomic E-state index is 11.9. The third-order valence-corrected chi connectivity index (χ3v) is 3.14. The second kappa shape index (κ2) is 6.38. The number of allylic oxidation sites excluding steroid dienone is 3. The summed E-state index contributed by atoms with van der Waals surface area (Å²) in [5, 5.41) is 0. The van der Waals surface area contributed by atoms with Crippen LogP contribution in [0.25, 0.3) is 0 Å². The SMILES string of the molecule is C=CCC(C/C=C/C1CC1)(C(=O)OC)C(=O)OC. The van der Waals surface area contributed by atoms with Crippen molar-refractivity contribution in [2.24, 2.45) is 11.3 Å². The second-order valence-corrected chi connectivity index (χ2v) is 4.53. The van der Waals surface area contributed by atoms with Crippen LogP contribution in [0.3, 0.4) is 0 Å². The molecule has 0 aliphatic heterocycles. The van der Waals surface area contributed by atoms with E-state index in [2.05, 4.69) is 6.58 Å². The lowest BCUT2D eigenvalue weighted by Crippen LogP contribution is -2.40. The van der Waals surface area contributed by atoms with Crippen molar-refractivity contribution in [2.45, 2.75) is 25.7 Å². The molecule has 0 radical (unpaired) electrons. The molecule has 1 aliphatic rings. The minimum atomic E-state index is -1.30. The zero-order valence-electron chi connectivity index (χ0n) is 11.0. The lowest BCUT2D eigenvalue weighted by Gasteiger charge is -2.25. The molecule has 0 spiro atoms. The summed E-state index contributed by atoms with van der Waals surface area (Å²) in [4.78, 5) is 23.8. The molecular formula is C14H20O4. The van der Waals surface area contributed by atoms with E-state index in [-0.39, 0.29) is 12.8 Å². The largest absolute Gasteiger partial charge is 0.468 e. The summed E-state index contributed by atoms with van der Waals surface area (Å²) in [7, 11) is 2.54. The highest BCUT2D eigenvalue weighted by Crippen LogP contribution is 2.34. The Kier molecular flexibility index (Phi) is 5.13. The van der Waals surface area contributed by atoms with Gasteiger partial charge in [-0.15, -0.1) is 6.58 Å². The van der Waals surface area contributed by atoms with Gasteiger partial charge in [-0.25, -0.2) is 0 Å². The van der Waals surface area contributed by atoms with Crippen molar-refractivity contribution < 1.29 is 19.1 Å². The second-order valence-electron chi connectivity index (χ2n) is 4.53. The quantitative estimate of drug-likeness (QED) is 0.396. The Morgan fingerprint density at radius 2 is 1.78 bits per heavy atom. The average Bonchev–Trinajstić information content (AvgIpc) is 3.19. The summed E-state index contributed by atoms with van der Waals surface area (Å²) < 4.78 is 9.49. The van der Waals surface area contributed by atoms with Crippen LogP contribution in [0.15, 0.2) is 24.8 Å². The summed E-state index contributed by atoms with van der Waals surface area (Å²) in [6, 6.07) is 0. The fraction of sp³-hybridized carbons (Fsp3) is 0.571. The van der Waals surface area contributed by atoms with Gasteiger partial charge in [0, 0.05) is 0 Å². The molecule has 0 atom stereocenters. The summed E-state index contributed by atoms with van der Waals surface area (Å²) in [5.74, 6) is -0.550. The molecule has 0 N–H and O–H groups in total. The fourth-order valence-electron chi connectivity index (χ4n) is 1.89. The maximum Gasteiger partial charge on any atom is 0.323 e. The van der Waals surface area contributed by atoms with Crippen LogP contribution in [-0.2, 0) is 19.1 Å². The van der Waals surface area contributed by atoms with E-state index < -0.39 is 17.4 Å². The van der Waals surface area contributed by atoms with Gasteiger partial charge in [0.2, 0.25) is 0 Å². The van der Waals surface area contributed by atoms with Gasteiger partial charge in [0.25, 0.3) is 0 Å². The molecule has 0 heterocycles. The highest BCUT2D eigenvalue weighted by molar-refractivity contribution is 6.00. The fourth-order valence-corrected chi connectivity index (χ4v) is 1.89. The predicted octanol–water partition coefficient (Wildman–Crippen LogP) is 2.25. The van der Waals surface area contributed by atoms with Crippen molar-refractivity contribution in [1.82, 2.24) is 0 Å². The van der Waals surface area contributed by atoms with Gasteiger partial charge >= 0.3 is 11.9 Å².